The fourth-order valence-corrected chi connectivity index (χ4v) is 3.50. The highest BCUT2D eigenvalue weighted by molar-refractivity contribution is 5.88. The number of benzene rings is 1. The standard InChI is InChI=1S/C20H28N2O4/c1-14(2)18(15-8-5-4-6-9-15)19(24)21(3)13-17(23)22-11-7-10-16(12-22)20(25)26/h4-6,8-9,14,16,18H,7,10-13H2,1-3H3,(H,25,26). The zero-order valence-electron chi connectivity index (χ0n) is 15.7. The van der Waals surface area contributed by atoms with Crippen LogP contribution in [0.3, 0.4) is 0 Å². The molecule has 0 spiro atoms. The van der Waals surface area contributed by atoms with Crippen molar-refractivity contribution in [1.29, 1.82) is 0 Å². The summed E-state index contributed by atoms with van der Waals surface area (Å²) < 4.78 is 0. The molecule has 1 aliphatic rings. The van der Waals surface area contributed by atoms with Gasteiger partial charge in [-0.2, -0.15) is 0 Å². The molecule has 0 aromatic heterocycles. The van der Waals surface area contributed by atoms with E-state index in [4.69, 9.17) is 5.11 Å². The summed E-state index contributed by atoms with van der Waals surface area (Å²) >= 11 is 0. The van der Waals surface area contributed by atoms with Gasteiger partial charge in [-0.25, -0.2) is 0 Å². The van der Waals surface area contributed by atoms with Crippen LogP contribution in [0.15, 0.2) is 30.3 Å². The first-order valence-electron chi connectivity index (χ1n) is 9.11. The van der Waals surface area contributed by atoms with E-state index in [0.29, 0.717) is 19.4 Å². The average molecular weight is 360 g/mol. The SMILES string of the molecule is CC(C)C(C(=O)N(C)CC(=O)N1CCCC(C(=O)O)C1)c1ccccc1. The quantitative estimate of drug-likeness (QED) is 0.844. The molecule has 6 nitrogen and oxygen atoms in total. The van der Waals surface area contributed by atoms with E-state index in [2.05, 4.69) is 0 Å². The van der Waals surface area contributed by atoms with Crippen LogP contribution in [0.2, 0.25) is 0 Å². The Morgan fingerprint density at radius 2 is 1.88 bits per heavy atom. The first kappa shape index (κ1) is 19.9. The summed E-state index contributed by atoms with van der Waals surface area (Å²) in [7, 11) is 1.64. The topological polar surface area (TPSA) is 77.9 Å². The van der Waals surface area contributed by atoms with E-state index >= 15 is 0 Å². The fraction of sp³-hybridized carbons (Fsp3) is 0.550. The Kier molecular flexibility index (Phi) is 6.77. The number of carbonyl (C=O) groups excluding carboxylic acids is 2. The number of carbonyl (C=O) groups is 3. The Bertz CT molecular complexity index is 644. The van der Waals surface area contributed by atoms with Crippen LogP contribution < -0.4 is 0 Å². The maximum Gasteiger partial charge on any atom is 0.308 e. The van der Waals surface area contributed by atoms with Crippen LogP contribution in [0.25, 0.3) is 0 Å². The Hall–Kier alpha value is -2.37. The van der Waals surface area contributed by atoms with E-state index in [1.54, 1.807) is 11.9 Å². The number of amides is 2. The van der Waals surface area contributed by atoms with Crippen molar-refractivity contribution in [3.63, 3.8) is 0 Å². The molecule has 0 aliphatic carbocycles. The van der Waals surface area contributed by atoms with Crippen molar-refractivity contribution in [1.82, 2.24) is 9.80 Å². The van der Waals surface area contributed by atoms with Gasteiger partial charge in [0.15, 0.2) is 0 Å². The summed E-state index contributed by atoms with van der Waals surface area (Å²) in [6.45, 7) is 4.74. The molecule has 2 unspecified atom stereocenters. The average Bonchev–Trinajstić information content (AvgIpc) is 2.62. The minimum atomic E-state index is -0.865. The van der Waals surface area contributed by atoms with Crippen LogP contribution in [-0.2, 0) is 14.4 Å². The molecule has 142 valence electrons. The second kappa shape index (κ2) is 8.83. The van der Waals surface area contributed by atoms with E-state index in [9.17, 15) is 14.4 Å². The van der Waals surface area contributed by atoms with Crippen LogP contribution in [0.4, 0.5) is 0 Å². The van der Waals surface area contributed by atoms with Gasteiger partial charge in [0, 0.05) is 20.1 Å². The van der Waals surface area contributed by atoms with Crippen molar-refractivity contribution >= 4 is 17.8 Å². The van der Waals surface area contributed by atoms with Crippen molar-refractivity contribution < 1.29 is 19.5 Å². The zero-order chi connectivity index (χ0) is 19.3. The highest BCUT2D eigenvalue weighted by atomic mass is 16.4. The molecule has 0 bridgehead atoms. The Balaban J connectivity index is 2.03. The molecule has 6 heteroatoms. The molecule has 1 aliphatic heterocycles. The van der Waals surface area contributed by atoms with Gasteiger partial charge in [-0.15, -0.1) is 0 Å². The predicted molar refractivity (Wildman–Crippen MR) is 98.6 cm³/mol. The van der Waals surface area contributed by atoms with Gasteiger partial charge in [0.1, 0.15) is 0 Å². The number of hydrogen-bond donors (Lipinski definition) is 1. The first-order chi connectivity index (χ1) is 12.3. The van der Waals surface area contributed by atoms with Crippen molar-refractivity contribution in [2.45, 2.75) is 32.6 Å². The van der Waals surface area contributed by atoms with Crippen molar-refractivity contribution in [2.24, 2.45) is 11.8 Å². The van der Waals surface area contributed by atoms with Gasteiger partial charge in [0.25, 0.3) is 0 Å². The summed E-state index contributed by atoms with van der Waals surface area (Å²) in [6, 6.07) is 9.58. The summed E-state index contributed by atoms with van der Waals surface area (Å²) in [5.74, 6) is -1.86. The van der Waals surface area contributed by atoms with Gasteiger partial charge in [-0.05, 0) is 24.3 Å². The predicted octanol–water partition coefficient (Wildman–Crippen LogP) is 2.21. The van der Waals surface area contributed by atoms with Gasteiger partial charge >= 0.3 is 5.97 Å². The third-order valence-corrected chi connectivity index (χ3v) is 4.96. The first-order valence-corrected chi connectivity index (χ1v) is 9.11. The Morgan fingerprint density at radius 1 is 1.23 bits per heavy atom. The number of hydrogen-bond acceptors (Lipinski definition) is 3. The van der Waals surface area contributed by atoms with Crippen LogP contribution in [-0.4, -0.2) is 59.4 Å². The maximum absolute atomic E-state index is 12.9. The molecule has 1 fully saturated rings. The molecule has 26 heavy (non-hydrogen) atoms. The van der Waals surface area contributed by atoms with E-state index < -0.39 is 11.9 Å². The molecule has 1 N–H and O–H groups in total. The number of nitrogens with zero attached hydrogens (tertiary/aromatic N) is 2. The molecular formula is C20H28N2O4. The lowest BCUT2D eigenvalue weighted by Crippen LogP contribution is -2.47. The number of likely N-dealkylation sites (N-methyl/N-ethyl adjacent to an activating group) is 1. The van der Waals surface area contributed by atoms with Crippen molar-refractivity contribution in [3.8, 4) is 0 Å². The minimum Gasteiger partial charge on any atom is -0.481 e. The van der Waals surface area contributed by atoms with Crippen molar-refractivity contribution in [2.75, 3.05) is 26.7 Å². The van der Waals surface area contributed by atoms with Crippen LogP contribution in [0, 0.1) is 11.8 Å². The smallest absolute Gasteiger partial charge is 0.308 e. The van der Waals surface area contributed by atoms with E-state index in [1.807, 2.05) is 44.2 Å². The van der Waals surface area contributed by atoms with Crippen molar-refractivity contribution in [3.05, 3.63) is 35.9 Å². The van der Waals surface area contributed by atoms with E-state index in [1.165, 1.54) is 4.90 Å². The molecule has 2 atom stereocenters. The van der Waals surface area contributed by atoms with Crippen LogP contribution in [0.5, 0.6) is 0 Å². The number of carboxylic acids is 1. The van der Waals surface area contributed by atoms with Gasteiger partial charge in [0.2, 0.25) is 11.8 Å². The number of piperidine rings is 1. The number of likely N-dealkylation sites (tertiary alicyclic amines) is 1. The fourth-order valence-electron chi connectivity index (χ4n) is 3.50. The molecule has 1 aromatic rings. The lowest BCUT2D eigenvalue weighted by Gasteiger charge is -2.33. The minimum absolute atomic E-state index is 0.0266. The summed E-state index contributed by atoms with van der Waals surface area (Å²) in [4.78, 5) is 39.7. The molecule has 1 aromatic carbocycles. The zero-order valence-corrected chi connectivity index (χ0v) is 15.7. The third kappa shape index (κ3) is 4.84. The molecule has 0 saturated carbocycles. The van der Waals surface area contributed by atoms with E-state index in [0.717, 1.165) is 5.56 Å². The molecule has 2 rings (SSSR count). The second-order valence-electron chi connectivity index (χ2n) is 7.34. The summed E-state index contributed by atoms with van der Waals surface area (Å²) in [6.07, 6.45) is 1.27. The molecule has 0 radical (unpaired) electrons. The van der Waals surface area contributed by atoms with Crippen LogP contribution >= 0.6 is 0 Å². The highest BCUT2D eigenvalue weighted by Gasteiger charge is 2.31. The Morgan fingerprint density at radius 3 is 2.46 bits per heavy atom. The largest absolute Gasteiger partial charge is 0.481 e. The number of aliphatic carboxylic acids is 1. The second-order valence-corrected chi connectivity index (χ2v) is 7.34. The molecular weight excluding hydrogens is 332 g/mol. The molecule has 1 saturated heterocycles. The van der Waals surface area contributed by atoms with Gasteiger partial charge in [0.05, 0.1) is 18.4 Å². The molecule has 2 amide bonds. The summed E-state index contributed by atoms with van der Waals surface area (Å²) in [5, 5.41) is 9.17. The lowest BCUT2D eigenvalue weighted by molar-refractivity contribution is -0.147. The van der Waals surface area contributed by atoms with E-state index in [-0.39, 0.29) is 36.7 Å². The molecule has 1 heterocycles. The van der Waals surface area contributed by atoms with Gasteiger partial charge < -0.3 is 14.9 Å². The number of carboxylic acid groups (broad SMARTS) is 1. The highest BCUT2D eigenvalue weighted by Crippen LogP contribution is 2.26. The monoisotopic (exact) mass is 360 g/mol. The Labute approximate surface area is 154 Å². The third-order valence-electron chi connectivity index (χ3n) is 4.96. The number of rotatable bonds is 6. The van der Waals surface area contributed by atoms with Gasteiger partial charge in [-0.3, -0.25) is 14.4 Å². The van der Waals surface area contributed by atoms with Gasteiger partial charge in [-0.1, -0.05) is 44.2 Å². The summed E-state index contributed by atoms with van der Waals surface area (Å²) in [5.41, 5.74) is 0.940. The normalized spacial score (nSPS) is 18.5. The lowest BCUT2D eigenvalue weighted by atomic mass is 9.87. The maximum atomic E-state index is 12.9. The van der Waals surface area contributed by atoms with Crippen LogP contribution in [0.1, 0.15) is 38.2 Å².